The lowest BCUT2D eigenvalue weighted by molar-refractivity contribution is -0.0110. The second-order valence-electron chi connectivity index (χ2n) is 6.00. The summed E-state index contributed by atoms with van der Waals surface area (Å²) in [6.45, 7) is 7.08. The first kappa shape index (κ1) is 16.3. The normalized spacial score (nSPS) is 20.2. The van der Waals surface area contributed by atoms with Gasteiger partial charge in [-0.15, -0.1) is 0 Å². The van der Waals surface area contributed by atoms with Gasteiger partial charge in [-0.2, -0.15) is 0 Å². The molecule has 3 heteroatoms. The Balaban J connectivity index is 1.73. The zero-order valence-corrected chi connectivity index (χ0v) is 13.4. The molecule has 0 aromatic heterocycles. The van der Waals surface area contributed by atoms with E-state index in [1.807, 2.05) is 0 Å². The summed E-state index contributed by atoms with van der Waals surface area (Å²) < 4.78 is 11.5. The van der Waals surface area contributed by atoms with E-state index in [1.54, 1.807) is 0 Å². The molecule has 0 spiro atoms. The van der Waals surface area contributed by atoms with Gasteiger partial charge in [0.15, 0.2) is 0 Å². The number of benzene rings is 1. The van der Waals surface area contributed by atoms with Crippen molar-refractivity contribution < 1.29 is 9.47 Å². The highest BCUT2D eigenvalue weighted by atomic mass is 16.5. The van der Waals surface area contributed by atoms with Gasteiger partial charge >= 0.3 is 0 Å². The van der Waals surface area contributed by atoms with Crippen molar-refractivity contribution in [3.8, 4) is 5.75 Å². The number of hydrogen-bond acceptors (Lipinski definition) is 3. The van der Waals surface area contributed by atoms with E-state index in [0.717, 1.165) is 31.7 Å². The van der Waals surface area contributed by atoms with Gasteiger partial charge in [0.25, 0.3) is 0 Å². The average Bonchev–Trinajstić information content (AvgIpc) is 2.53. The second-order valence-corrected chi connectivity index (χ2v) is 6.00. The largest absolute Gasteiger partial charge is 0.491 e. The quantitative estimate of drug-likeness (QED) is 0.794. The predicted molar refractivity (Wildman–Crippen MR) is 87.0 cm³/mol. The summed E-state index contributed by atoms with van der Waals surface area (Å²) in [7, 11) is 0. The molecule has 0 bridgehead atoms. The fourth-order valence-electron chi connectivity index (χ4n) is 2.67. The summed E-state index contributed by atoms with van der Waals surface area (Å²) in [6, 6.07) is 9.00. The van der Waals surface area contributed by atoms with Gasteiger partial charge in [0.1, 0.15) is 12.4 Å². The number of nitrogens with one attached hydrogen (secondary N) is 1. The highest BCUT2D eigenvalue weighted by Crippen LogP contribution is 2.17. The molecule has 1 saturated heterocycles. The maximum Gasteiger partial charge on any atom is 0.119 e. The van der Waals surface area contributed by atoms with Crippen molar-refractivity contribution in [1.82, 2.24) is 5.32 Å². The Hall–Kier alpha value is -1.06. The molecule has 118 valence electrons. The van der Waals surface area contributed by atoms with Gasteiger partial charge < -0.3 is 14.8 Å². The highest BCUT2D eigenvalue weighted by Gasteiger charge is 2.14. The lowest BCUT2D eigenvalue weighted by Gasteiger charge is -2.22. The molecule has 1 heterocycles. The van der Waals surface area contributed by atoms with E-state index < -0.39 is 0 Å². The monoisotopic (exact) mass is 291 g/mol. The summed E-state index contributed by atoms with van der Waals surface area (Å²) >= 11 is 0. The fourth-order valence-corrected chi connectivity index (χ4v) is 2.67. The first-order valence-electron chi connectivity index (χ1n) is 8.34. The van der Waals surface area contributed by atoms with Crippen LogP contribution in [0.2, 0.25) is 0 Å². The minimum absolute atomic E-state index is 0.275. The highest BCUT2D eigenvalue weighted by molar-refractivity contribution is 5.27. The third-order valence-corrected chi connectivity index (χ3v) is 3.92. The Kier molecular flexibility index (Phi) is 7.04. The molecule has 3 nitrogen and oxygen atoms in total. The van der Waals surface area contributed by atoms with E-state index in [2.05, 4.69) is 43.4 Å². The molecule has 2 atom stereocenters. The second kappa shape index (κ2) is 9.06. The van der Waals surface area contributed by atoms with Gasteiger partial charge in [-0.05, 0) is 63.3 Å². The van der Waals surface area contributed by atoms with Crippen LogP contribution >= 0.6 is 0 Å². The summed E-state index contributed by atoms with van der Waals surface area (Å²) in [4.78, 5) is 0. The maximum absolute atomic E-state index is 5.83. The topological polar surface area (TPSA) is 30.5 Å². The smallest absolute Gasteiger partial charge is 0.119 e. The van der Waals surface area contributed by atoms with Crippen LogP contribution in [0.3, 0.4) is 0 Å². The zero-order chi connectivity index (χ0) is 14.9. The van der Waals surface area contributed by atoms with Crippen molar-refractivity contribution in [3.63, 3.8) is 0 Å². The number of hydrogen-bond donors (Lipinski definition) is 1. The maximum atomic E-state index is 5.83. The van der Waals surface area contributed by atoms with Crippen molar-refractivity contribution in [2.24, 2.45) is 0 Å². The van der Waals surface area contributed by atoms with Crippen LogP contribution in [-0.4, -0.2) is 31.9 Å². The lowest BCUT2D eigenvalue weighted by Crippen LogP contribution is -2.28. The zero-order valence-electron chi connectivity index (χ0n) is 13.4. The Morgan fingerprint density at radius 3 is 2.76 bits per heavy atom. The molecular formula is C18H29NO2. The molecule has 1 aromatic carbocycles. The molecule has 2 rings (SSSR count). The van der Waals surface area contributed by atoms with Gasteiger partial charge in [0.2, 0.25) is 0 Å². The van der Waals surface area contributed by atoms with Gasteiger partial charge in [-0.1, -0.05) is 19.1 Å². The molecule has 2 unspecified atom stereocenters. The SMILES string of the molecule is CCCNC(C)Cc1ccc(OCC2CCCCO2)cc1. The first-order valence-corrected chi connectivity index (χ1v) is 8.34. The van der Waals surface area contributed by atoms with Crippen LogP contribution in [0.4, 0.5) is 0 Å². The lowest BCUT2D eigenvalue weighted by atomic mass is 10.1. The predicted octanol–water partition coefficient (Wildman–Crippen LogP) is 3.57. The number of rotatable bonds is 8. The van der Waals surface area contributed by atoms with Crippen LogP contribution in [0.15, 0.2) is 24.3 Å². The van der Waals surface area contributed by atoms with Crippen LogP contribution < -0.4 is 10.1 Å². The molecule has 0 radical (unpaired) electrons. The molecular weight excluding hydrogens is 262 g/mol. The van der Waals surface area contributed by atoms with E-state index in [0.29, 0.717) is 12.6 Å². The van der Waals surface area contributed by atoms with E-state index in [9.17, 15) is 0 Å². The Morgan fingerprint density at radius 1 is 1.29 bits per heavy atom. The van der Waals surface area contributed by atoms with Crippen LogP contribution in [0.1, 0.15) is 45.1 Å². The van der Waals surface area contributed by atoms with Crippen molar-refractivity contribution in [3.05, 3.63) is 29.8 Å². The van der Waals surface area contributed by atoms with Gasteiger partial charge in [0, 0.05) is 12.6 Å². The minimum Gasteiger partial charge on any atom is -0.491 e. The third-order valence-electron chi connectivity index (χ3n) is 3.92. The molecule has 0 saturated carbocycles. The van der Waals surface area contributed by atoms with Crippen molar-refractivity contribution in [2.75, 3.05) is 19.8 Å². The molecule has 1 N–H and O–H groups in total. The molecule has 0 amide bonds. The minimum atomic E-state index is 0.275. The summed E-state index contributed by atoms with van der Waals surface area (Å²) in [6.07, 6.45) is 6.09. The van der Waals surface area contributed by atoms with Crippen molar-refractivity contribution in [2.45, 2.75) is 58.1 Å². The average molecular weight is 291 g/mol. The summed E-state index contributed by atoms with van der Waals surface area (Å²) in [5.41, 5.74) is 1.35. The van der Waals surface area contributed by atoms with Crippen molar-refractivity contribution >= 4 is 0 Å². The van der Waals surface area contributed by atoms with Gasteiger partial charge in [-0.3, -0.25) is 0 Å². The van der Waals surface area contributed by atoms with Gasteiger partial charge in [-0.25, -0.2) is 0 Å². The standard InChI is InChI=1S/C18H29NO2/c1-3-11-19-15(2)13-16-7-9-17(10-8-16)21-14-18-6-4-5-12-20-18/h7-10,15,18-19H,3-6,11-14H2,1-2H3. The Labute approximate surface area is 129 Å². The Morgan fingerprint density at radius 2 is 2.10 bits per heavy atom. The molecule has 1 aliphatic heterocycles. The van der Waals surface area contributed by atoms with Crippen LogP contribution in [0.5, 0.6) is 5.75 Å². The van der Waals surface area contributed by atoms with Crippen LogP contribution in [-0.2, 0) is 11.2 Å². The van der Waals surface area contributed by atoms with E-state index in [-0.39, 0.29) is 6.10 Å². The Bertz CT molecular complexity index is 385. The fraction of sp³-hybridized carbons (Fsp3) is 0.667. The summed E-state index contributed by atoms with van der Waals surface area (Å²) in [5, 5.41) is 3.52. The van der Waals surface area contributed by atoms with E-state index >= 15 is 0 Å². The van der Waals surface area contributed by atoms with Crippen molar-refractivity contribution in [1.29, 1.82) is 0 Å². The molecule has 1 fully saturated rings. The number of ether oxygens (including phenoxy) is 2. The first-order chi connectivity index (χ1) is 10.3. The molecule has 21 heavy (non-hydrogen) atoms. The molecule has 1 aliphatic rings. The van der Waals surface area contributed by atoms with Gasteiger partial charge in [0.05, 0.1) is 6.10 Å². The summed E-state index contributed by atoms with van der Waals surface area (Å²) in [5.74, 6) is 0.946. The van der Waals surface area contributed by atoms with Crippen LogP contribution in [0, 0.1) is 0 Å². The molecule has 0 aliphatic carbocycles. The third kappa shape index (κ3) is 6.06. The van der Waals surface area contributed by atoms with E-state index in [1.165, 1.54) is 24.8 Å². The van der Waals surface area contributed by atoms with E-state index in [4.69, 9.17) is 9.47 Å². The van der Waals surface area contributed by atoms with Crippen LogP contribution in [0.25, 0.3) is 0 Å². The molecule has 1 aromatic rings.